The lowest BCUT2D eigenvalue weighted by atomic mass is 9.57. The summed E-state index contributed by atoms with van der Waals surface area (Å²) in [5.41, 5.74) is 1.71. The van der Waals surface area contributed by atoms with Gasteiger partial charge in [-0.1, -0.05) is 43.3 Å². The molecule has 0 radical (unpaired) electrons. The molecule has 0 spiro atoms. The summed E-state index contributed by atoms with van der Waals surface area (Å²) < 4.78 is 0. The predicted octanol–water partition coefficient (Wildman–Crippen LogP) is 2.05. The van der Waals surface area contributed by atoms with E-state index in [9.17, 15) is 15.3 Å². The second-order valence-corrected chi connectivity index (χ2v) is 8.51. The van der Waals surface area contributed by atoms with E-state index < -0.39 is 0 Å². The minimum atomic E-state index is -0.376. The molecule has 2 unspecified atom stereocenters. The van der Waals surface area contributed by atoms with E-state index in [0.29, 0.717) is 0 Å². The highest BCUT2D eigenvalue weighted by molar-refractivity contribution is 5.43. The molecule has 4 saturated heterocycles. The van der Waals surface area contributed by atoms with Gasteiger partial charge < -0.3 is 15.3 Å². The van der Waals surface area contributed by atoms with Crippen LogP contribution in [0.15, 0.2) is 48.5 Å². The highest BCUT2D eigenvalue weighted by Gasteiger charge is 2.64. The van der Waals surface area contributed by atoms with Crippen molar-refractivity contribution in [3.63, 3.8) is 0 Å². The van der Waals surface area contributed by atoms with Crippen LogP contribution in [-0.4, -0.2) is 57.4 Å². The molecule has 0 saturated carbocycles. The first-order valence-electron chi connectivity index (χ1n) is 9.17. The summed E-state index contributed by atoms with van der Waals surface area (Å²) in [6.45, 7) is 5.41. The molecule has 6 rings (SSSR count). The molecule has 2 aromatic rings. The Balaban J connectivity index is 1.58. The molecular weight excluding hydrogens is 328 g/mol. The van der Waals surface area contributed by atoms with Gasteiger partial charge in [0, 0.05) is 37.0 Å². The van der Waals surface area contributed by atoms with E-state index in [-0.39, 0.29) is 34.6 Å². The van der Waals surface area contributed by atoms with Crippen LogP contribution in [0.25, 0.3) is 0 Å². The van der Waals surface area contributed by atoms with Gasteiger partial charge in [-0.05, 0) is 23.3 Å². The molecule has 0 aromatic heterocycles. The van der Waals surface area contributed by atoms with Crippen molar-refractivity contribution in [2.45, 2.75) is 24.6 Å². The average molecular weight is 352 g/mol. The first-order chi connectivity index (χ1) is 12.4. The summed E-state index contributed by atoms with van der Waals surface area (Å²) in [4.78, 5) is 4.83. The highest BCUT2D eigenvalue weighted by atomic mass is 16.3. The fourth-order valence-electron chi connectivity index (χ4n) is 5.69. The van der Waals surface area contributed by atoms with Crippen molar-refractivity contribution in [1.29, 1.82) is 0 Å². The van der Waals surface area contributed by atoms with Gasteiger partial charge in [0.1, 0.15) is 0 Å². The van der Waals surface area contributed by atoms with Crippen molar-refractivity contribution in [3.05, 3.63) is 59.7 Å². The van der Waals surface area contributed by atoms with E-state index in [4.69, 9.17) is 0 Å². The first kappa shape index (κ1) is 16.1. The number of aliphatic hydroxyl groups excluding tert-OH is 1. The number of phenols is 2. The Morgan fingerprint density at radius 3 is 2.15 bits per heavy atom. The molecular formula is C21H24N2O3. The van der Waals surface area contributed by atoms with E-state index in [2.05, 4.69) is 28.9 Å². The number of rotatable bonds is 2. The maximum absolute atomic E-state index is 11.3. The van der Waals surface area contributed by atoms with Crippen molar-refractivity contribution in [1.82, 2.24) is 9.80 Å². The maximum Gasteiger partial charge on any atom is 0.157 e. The zero-order valence-corrected chi connectivity index (χ0v) is 14.8. The molecule has 3 atom stereocenters. The Morgan fingerprint density at radius 1 is 0.885 bits per heavy atom. The quantitative estimate of drug-likeness (QED) is 0.722. The molecule has 4 fully saturated rings. The fourth-order valence-corrected chi connectivity index (χ4v) is 5.69. The van der Waals surface area contributed by atoms with Crippen LogP contribution in [-0.2, 0) is 5.41 Å². The van der Waals surface area contributed by atoms with E-state index in [0.717, 1.165) is 31.7 Å². The number of nitrogens with zero attached hydrogens (tertiary/aromatic N) is 2. The number of aromatic hydroxyl groups is 2. The molecule has 4 aliphatic rings. The number of hydrogen-bond acceptors (Lipinski definition) is 5. The Hall–Kier alpha value is -2.08. The van der Waals surface area contributed by atoms with Crippen molar-refractivity contribution >= 4 is 0 Å². The van der Waals surface area contributed by atoms with E-state index >= 15 is 0 Å². The lowest BCUT2D eigenvalue weighted by Crippen LogP contribution is -2.79. The third kappa shape index (κ3) is 2.02. The normalized spacial score (nSPS) is 40.7. The van der Waals surface area contributed by atoms with Gasteiger partial charge in [-0.2, -0.15) is 0 Å². The zero-order chi connectivity index (χ0) is 18.1. The third-order valence-corrected chi connectivity index (χ3v) is 6.62. The minimum Gasteiger partial charge on any atom is -0.504 e. The second-order valence-electron chi connectivity index (χ2n) is 8.51. The third-order valence-electron chi connectivity index (χ3n) is 6.62. The molecule has 5 nitrogen and oxygen atoms in total. The summed E-state index contributed by atoms with van der Waals surface area (Å²) in [5, 5.41) is 30.9. The van der Waals surface area contributed by atoms with E-state index in [1.54, 1.807) is 12.1 Å². The Morgan fingerprint density at radius 2 is 1.54 bits per heavy atom. The molecule has 26 heavy (non-hydrogen) atoms. The Bertz CT molecular complexity index is 838. The molecule has 0 amide bonds. The van der Waals surface area contributed by atoms with Gasteiger partial charge >= 0.3 is 0 Å². The highest BCUT2D eigenvalue weighted by Crippen LogP contribution is 2.55. The zero-order valence-electron chi connectivity index (χ0n) is 14.8. The summed E-state index contributed by atoms with van der Waals surface area (Å²) >= 11 is 0. The van der Waals surface area contributed by atoms with Crippen molar-refractivity contribution in [2.75, 3.05) is 26.2 Å². The van der Waals surface area contributed by atoms with Gasteiger partial charge in [-0.25, -0.2) is 0 Å². The Labute approximate surface area is 153 Å². The van der Waals surface area contributed by atoms with Crippen molar-refractivity contribution in [3.8, 4) is 11.5 Å². The number of phenolic OH excluding ortho intramolecular Hbond substituents is 2. The van der Waals surface area contributed by atoms with Crippen molar-refractivity contribution < 1.29 is 15.3 Å². The van der Waals surface area contributed by atoms with Crippen LogP contribution in [0.1, 0.15) is 24.2 Å². The molecule has 4 aliphatic heterocycles. The topological polar surface area (TPSA) is 67.2 Å². The number of benzene rings is 2. The molecule has 0 aliphatic carbocycles. The number of piperidine rings is 2. The fraction of sp³-hybridized carbons (Fsp3) is 0.429. The van der Waals surface area contributed by atoms with Crippen LogP contribution >= 0.6 is 0 Å². The monoisotopic (exact) mass is 352 g/mol. The van der Waals surface area contributed by atoms with Crippen LogP contribution in [0, 0.1) is 5.41 Å². The largest absolute Gasteiger partial charge is 0.504 e. The van der Waals surface area contributed by atoms with Crippen LogP contribution in [0.5, 0.6) is 11.5 Å². The SMILES string of the molecule is CC12CN3CC(c4ccccc4)(CN(C1)C3c1ccc(O)c(O)c1)[C@@H]2O. The van der Waals surface area contributed by atoms with Gasteiger partial charge in [-0.15, -0.1) is 0 Å². The molecule has 136 valence electrons. The van der Waals surface area contributed by atoms with Gasteiger partial charge in [0.15, 0.2) is 11.5 Å². The van der Waals surface area contributed by atoms with E-state index in [1.165, 1.54) is 5.56 Å². The maximum atomic E-state index is 11.3. The number of aliphatic hydroxyl groups is 1. The summed E-state index contributed by atoms with van der Waals surface area (Å²) in [7, 11) is 0. The lowest BCUT2D eigenvalue weighted by Gasteiger charge is -2.69. The summed E-state index contributed by atoms with van der Waals surface area (Å²) in [5.74, 6) is -0.173. The van der Waals surface area contributed by atoms with Gasteiger partial charge in [-0.3, -0.25) is 9.80 Å². The standard InChI is InChI=1S/C21H24N2O3/c1-20-10-22-12-21(19(20)26,15-5-3-2-4-6-15)13-23(11-20)18(22)14-7-8-16(24)17(25)9-14/h2-9,18-19,24-26H,10-13H2,1H3/t18?,19-,20?,21?/m1/s1. The first-order valence-corrected chi connectivity index (χ1v) is 9.17. The van der Waals surface area contributed by atoms with Crippen LogP contribution in [0.2, 0.25) is 0 Å². The molecule has 4 heterocycles. The van der Waals surface area contributed by atoms with Gasteiger partial charge in [0.05, 0.1) is 12.3 Å². The summed E-state index contributed by atoms with van der Waals surface area (Å²) in [6.07, 6.45) is -0.307. The molecule has 4 bridgehead atoms. The van der Waals surface area contributed by atoms with Crippen LogP contribution in [0.4, 0.5) is 0 Å². The average Bonchev–Trinajstić information content (AvgIpc) is 2.62. The smallest absolute Gasteiger partial charge is 0.157 e. The Kier molecular flexibility index (Phi) is 3.24. The number of hydrogen-bond donors (Lipinski definition) is 3. The van der Waals surface area contributed by atoms with Crippen LogP contribution < -0.4 is 0 Å². The van der Waals surface area contributed by atoms with E-state index in [1.807, 2.05) is 24.3 Å². The van der Waals surface area contributed by atoms with Crippen molar-refractivity contribution in [2.24, 2.45) is 5.41 Å². The predicted molar refractivity (Wildman–Crippen MR) is 97.9 cm³/mol. The summed E-state index contributed by atoms with van der Waals surface area (Å²) in [6, 6.07) is 15.5. The molecule has 5 heteroatoms. The van der Waals surface area contributed by atoms with Gasteiger partial charge in [0.25, 0.3) is 0 Å². The molecule has 2 aromatic carbocycles. The van der Waals surface area contributed by atoms with Gasteiger partial charge in [0.2, 0.25) is 0 Å². The minimum absolute atomic E-state index is 0.0684. The molecule has 3 N–H and O–H groups in total. The second kappa shape index (κ2) is 5.22. The lowest BCUT2D eigenvalue weighted by molar-refractivity contribution is -0.232. The van der Waals surface area contributed by atoms with Crippen LogP contribution in [0.3, 0.4) is 0 Å².